The number of nitrogens with one attached hydrogen (secondary N) is 1. The summed E-state index contributed by atoms with van der Waals surface area (Å²) in [7, 11) is 1.85. The highest BCUT2D eigenvalue weighted by Gasteiger charge is 2.22. The second-order valence-corrected chi connectivity index (χ2v) is 3.69. The molecule has 0 bridgehead atoms. The molecule has 0 aromatic heterocycles. The van der Waals surface area contributed by atoms with Gasteiger partial charge in [0.05, 0.1) is 0 Å². The monoisotopic (exact) mass is 210 g/mol. The van der Waals surface area contributed by atoms with Crippen molar-refractivity contribution < 1.29 is 0 Å². The molecule has 0 aliphatic heterocycles. The van der Waals surface area contributed by atoms with Crippen molar-refractivity contribution in [2.24, 2.45) is 0 Å². The van der Waals surface area contributed by atoms with Gasteiger partial charge in [-0.15, -0.1) is 0 Å². The normalized spacial score (nSPS) is 10.6. The lowest BCUT2D eigenvalue weighted by molar-refractivity contribution is 0.763. The first-order chi connectivity index (χ1) is 7.13. The van der Waals surface area contributed by atoms with E-state index in [1.807, 2.05) is 18.9 Å². The maximum atomic E-state index is 11.4. The van der Waals surface area contributed by atoms with Gasteiger partial charge in [0.15, 0.2) is 0 Å². The fraction of sp³-hybridized carbons (Fsp3) is 0.636. The molecule has 15 heavy (non-hydrogen) atoms. The molecule has 0 atom stereocenters. The summed E-state index contributed by atoms with van der Waals surface area (Å²) in [5.74, 6) is 0. The van der Waals surface area contributed by atoms with Gasteiger partial charge in [-0.2, -0.15) is 0 Å². The summed E-state index contributed by atoms with van der Waals surface area (Å²) in [6.07, 6.45) is 2.11. The molecule has 84 valence electrons. The second kappa shape index (κ2) is 4.96. The minimum Gasteiger partial charge on any atom is -0.380 e. The van der Waals surface area contributed by atoms with Gasteiger partial charge >= 0.3 is 0 Å². The van der Waals surface area contributed by atoms with Crippen molar-refractivity contribution >= 4 is 11.4 Å². The Labute approximate surface area is 89.6 Å². The lowest BCUT2D eigenvalue weighted by atomic mass is 10.1. The largest absolute Gasteiger partial charge is 0.380 e. The van der Waals surface area contributed by atoms with E-state index in [-0.39, 0.29) is 10.9 Å². The highest BCUT2D eigenvalue weighted by Crippen LogP contribution is 2.18. The molecule has 0 radical (unpaired) electrons. The van der Waals surface area contributed by atoms with Gasteiger partial charge in [-0.1, -0.05) is 13.3 Å². The Balaban J connectivity index is 2.80. The first-order valence-corrected chi connectivity index (χ1v) is 5.41. The summed E-state index contributed by atoms with van der Waals surface area (Å²) in [5, 5.41) is 2.94. The maximum Gasteiger partial charge on any atom is 0.253 e. The van der Waals surface area contributed by atoms with Crippen LogP contribution in [0.2, 0.25) is 0 Å². The van der Waals surface area contributed by atoms with Crippen LogP contribution in [0.3, 0.4) is 0 Å². The van der Waals surface area contributed by atoms with Gasteiger partial charge in [0.1, 0.15) is 11.4 Å². The molecule has 0 aliphatic rings. The van der Waals surface area contributed by atoms with Gasteiger partial charge in [-0.05, 0) is 13.3 Å². The number of rotatable bonds is 6. The third-order valence-corrected chi connectivity index (χ3v) is 2.47. The fourth-order valence-corrected chi connectivity index (χ4v) is 1.59. The Morgan fingerprint density at radius 1 is 1.20 bits per heavy atom. The zero-order chi connectivity index (χ0) is 11.4. The van der Waals surface area contributed by atoms with Crippen LogP contribution in [0.15, 0.2) is 9.59 Å². The van der Waals surface area contributed by atoms with Crippen LogP contribution >= 0.6 is 0 Å². The van der Waals surface area contributed by atoms with Gasteiger partial charge in [0.25, 0.3) is 10.9 Å². The van der Waals surface area contributed by atoms with Crippen LogP contribution in [0.4, 0.5) is 11.4 Å². The van der Waals surface area contributed by atoms with E-state index >= 15 is 0 Å². The Kier molecular flexibility index (Phi) is 3.88. The van der Waals surface area contributed by atoms with E-state index in [0.717, 1.165) is 19.4 Å². The third kappa shape index (κ3) is 2.19. The van der Waals surface area contributed by atoms with E-state index in [2.05, 4.69) is 12.2 Å². The van der Waals surface area contributed by atoms with Crippen LogP contribution < -0.4 is 21.1 Å². The van der Waals surface area contributed by atoms with Gasteiger partial charge in [0, 0.05) is 20.1 Å². The molecule has 0 aliphatic carbocycles. The van der Waals surface area contributed by atoms with E-state index < -0.39 is 0 Å². The van der Waals surface area contributed by atoms with Crippen molar-refractivity contribution in [2.45, 2.75) is 26.7 Å². The van der Waals surface area contributed by atoms with Gasteiger partial charge in [-0.25, -0.2) is 0 Å². The lowest BCUT2D eigenvalue weighted by Gasteiger charge is -2.22. The minimum atomic E-state index is -0.379. The lowest BCUT2D eigenvalue weighted by Crippen LogP contribution is -2.41. The Morgan fingerprint density at radius 2 is 1.87 bits per heavy atom. The van der Waals surface area contributed by atoms with Crippen LogP contribution in [-0.4, -0.2) is 20.1 Å². The van der Waals surface area contributed by atoms with Crippen LogP contribution in [0.1, 0.15) is 26.7 Å². The summed E-state index contributed by atoms with van der Waals surface area (Å²) in [6.45, 7) is 5.49. The van der Waals surface area contributed by atoms with Gasteiger partial charge in [0.2, 0.25) is 0 Å². The van der Waals surface area contributed by atoms with E-state index in [0.29, 0.717) is 17.9 Å². The molecule has 0 saturated heterocycles. The smallest absolute Gasteiger partial charge is 0.253 e. The molecule has 0 spiro atoms. The Hall–Kier alpha value is -1.32. The molecule has 0 fully saturated rings. The molecule has 4 nitrogen and oxygen atoms in total. The minimum absolute atomic E-state index is 0.357. The highest BCUT2D eigenvalue weighted by atomic mass is 16.2. The summed E-state index contributed by atoms with van der Waals surface area (Å²) < 4.78 is 0. The predicted molar refractivity (Wildman–Crippen MR) is 63.7 cm³/mol. The van der Waals surface area contributed by atoms with Crippen molar-refractivity contribution in [1.29, 1.82) is 0 Å². The van der Waals surface area contributed by atoms with E-state index in [4.69, 9.17) is 0 Å². The standard InChI is InChI=1S/C11H18N2O2/c1-4-6-7-13(3)9-8(12-5-2)10(14)11(9)15/h12H,4-7H2,1-3H3. The number of hydrogen-bond acceptors (Lipinski definition) is 4. The molecule has 0 heterocycles. The van der Waals surface area contributed by atoms with Crippen LogP contribution in [0.25, 0.3) is 0 Å². The van der Waals surface area contributed by atoms with Crippen LogP contribution in [0.5, 0.6) is 0 Å². The number of nitrogens with zero attached hydrogens (tertiary/aromatic N) is 1. The molecule has 0 unspecified atom stereocenters. The molecule has 1 aromatic rings. The van der Waals surface area contributed by atoms with E-state index in [9.17, 15) is 9.59 Å². The van der Waals surface area contributed by atoms with E-state index in [1.165, 1.54) is 0 Å². The average molecular weight is 210 g/mol. The second-order valence-electron chi connectivity index (χ2n) is 3.69. The zero-order valence-electron chi connectivity index (χ0n) is 9.59. The quantitative estimate of drug-likeness (QED) is 0.710. The topological polar surface area (TPSA) is 49.4 Å². The highest BCUT2D eigenvalue weighted by molar-refractivity contribution is 5.74. The maximum absolute atomic E-state index is 11.4. The fourth-order valence-electron chi connectivity index (χ4n) is 1.59. The van der Waals surface area contributed by atoms with Crippen LogP contribution in [0, 0.1) is 0 Å². The number of anilines is 2. The average Bonchev–Trinajstić information content (AvgIpc) is 2.25. The summed E-state index contributed by atoms with van der Waals surface area (Å²) in [6, 6.07) is 0. The van der Waals surface area contributed by atoms with Crippen LogP contribution in [-0.2, 0) is 0 Å². The number of unbranched alkanes of at least 4 members (excludes halogenated alkanes) is 1. The first-order valence-electron chi connectivity index (χ1n) is 5.41. The van der Waals surface area contributed by atoms with E-state index in [1.54, 1.807) is 0 Å². The Morgan fingerprint density at radius 3 is 2.40 bits per heavy atom. The molecular formula is C11H18N2O2. The molecule has 1 rings (SSSR count). The molecule has 1 aromatic carbocycles. The first kappa shape index (κ1) is 11.8. The summed E-state index contributed by atoms with van der Waals surface area (Å²) in [4.78, 5) is 24.5. The summed E-state index contributed by atoms with van der Waals surface area (Å²) in [5.41, 5.74) is 0.302. The van der Waals surface area contributed by atoms with Gasteiger partial charge < -0.3 is 10.2 Å². The van der Waals surface area contributed by atoms with Crippen molar-refractivity contribution in [1.82, 2.24) is 0 Å². The summed E-state index contributed by atoms with van der Waals surface area (Å²) >= 11 is 0. The SMILES string of the molecule is CCCCN(C)c1c(NCC)c(=O)c1=O. The van der Waals surface area contributed by atoms with Crippen molar-refractivity contribution in [3.63, 3.8) is 0 Å². The number of hydrogen-bond donors (Lipinski definition) is 1. The van der Waals surface area contributed by atoms with Crippen molar-refractivity contribution in [3.8, 4) is 0 Å². The zero-order valence-corrected chi connectivity index (χ0v) is 9.59. The molecule has 4 heteroatoms. The van der Waals surface area contributed by atoms with Crippen molar-refractivity contribution in [3.05, 3.63) is 20.4 Å². The molecule has 0 amide bonds. The predicted octanol–water partition coefficient (Wildman–Crippen LogP) is 0.951. The van der Waals surface area contributed by atoms with Crippen molar-refractivity contribution in [2.75, 3.05) is 30.4 Å². The van der Waals surface area contributed by atoms with Gasteiger partial charge in [-0.3, -0.25) is 9.59 Å². The Bertz CT molecular complexity index is 391. The third-order valence-electron chi connectivity index (χ3n) is 2.47. The molecule has 1 N–H and O–H groups in total. The molecule has 0 saturated carbocycles. The molecular weight excluding hydrogens is 192 g/mol.